The van der Waals surface area contributed by atoms with Gasteiger partial charge in [-0.2, -0.15) is 0 Å². The zero-order valence-electron chi connectivity index (χ0n) is 12.7. The number of hydrogen-bond acceptors (Lipinski definition) is 4. The van der Waals surface area contributed by atoms with E-state index in [0.29, 0.717) is 11.3 Å². The number of pyridine rings is 1. The second kappa shape index (κ2) is 6.01. The average Bonchev–Trinajstić information content (AvgIpc) is 3.18. The number of thioether (sulfide) groups is 1. The Morgan fingerprint density at radius 1 is 1.21 bits per heavy atom. The van der Waals surface area contributed by atoms with Crippen molar-refractivity contribution in [1.29, 1.82) is 0 Å². The molecule has 120 valence electrons. The fraction of sp³-hybridized carbons (Fsp3) is 0.118. The van der Waals surface area contributed by atoms with Crippen LogP contribution < -0.4 is 10.9 Å². The Kier molecular flexibility index (Phi) is 3.70. The standard InChI is InChI=1S/C17H14N4O2S/c22-15-6-3-12(9-18-15)16(23)19-13-4-1-11(2-5-13)14-10-21-7-8-24-17(21)20-14/h1-6,9-10H,7-8H2,(H,18,22)(H,19,23). The molecule has 0 aliphatic carbocycles. The largest absolute Gasteiger partial charge is 0.328 e. The van der Waals surface area contributed by atoms with E-state index in [4.69, 9.17) is 0 Å². The van der Waals surface area contributed by atoms with Gasteiger partial charge >= 0.3 is 0 Å². The van der Waals surface area contributed by atoms with Gasteiger partial charge in [-0.15, -0.1) is 0 Å². The average molecular weight is 338 g/mol. The highest BCUT2D eigenvalue weighted by Gasteiger charge is 2.15. The minimum atomic E-state index is -0.267. The number of amides is 1. The fourth-order valence-corrected chi connectivity index (χ4v) is 3.47. The molecule has 3 aromatic rings. The van der Waals surface area contributed by atoms with E-state index in [9.17, 15) is 9.59 Å². The highest BCUT2D eigenvalue weighted by molar-refractivity contribution is 7.99. The van der Waals surface area contributed by atoms with Gasteiger partial charge in [0, 0.05) is 42.0 Å². The van der Waals surface area contributed by atoms with E-state index in [-0.39, 0.29) is 11.5 Å². The summed E-state index contributed by atoms with van der Waals surface area (Å²) in [5.41, 5.74) is 2.81. The Balaban J connectivity index is 1.50. The molecule has 2 N–H and O–H groups in total. The molecule has 0 atom stereocenters. The van der Waals surface area contributed by atoms with Crippen molar-refractivity contribution < 1.29 is 4.79 Å². The second-order valence-corrected chi connectivity index (χ2v) is 6.49. The van der Waals surface area contributed by atoms with Crippen LogP contribution in [0.5, 0.6) is 0 Å². The minimum absolute atomic E-state index is 0.235. The summed E-state index contributed by atoms with van der Waals surface area (Å²) in [4.78, 5) is 30.3. The molecule has 3 heterocycles. The lowest BCUT2D eigenvalue weighted by molar-refractivity contribution is 0.102. The topological polar surface area (TPSA) is 79.8 Å². The number of hydrogen-bond donors (Lipinski definition) is 2. The van der Waals surface area contributed by atoms with Crippen LogP contribution in [0.1, 0.15) is 10.4 Å². The van der Waals surface area contributed by atoms with Gasteiger partial charge in [-0.05, 0) is 18.2 Å². The zero-order valence-corrected chi connectivity index (χ0v) is 13.5. The van der Waals surface area contributed by atoms with Crippen molar-refractivity contribution >= 4 is 23.4 Å². The number of aromatic nitrogens is 3. The molecule has 0 saturated carbocycles. The lowest BCUT2D eigenvalue weighted by Crippen LogP contribution is -2.14. The number of nitrogens with one attached hydrogen (secondary N) is 2. The Morgan fingerprint density at radius 2 is 2.04 bits per heavy atom. The van der Waals surface area contributed by atoms with Crippen molar-refractivity contribution in [2.75, 3.05) is 11.1 Å². The monoisotopic (exact) mass is 338 g/mol. The summed E-state index contributed by atoms with van der Waals surface area (Å²) < 4.78 is 2.16. The van der Waals surface area contributed by atoms with E-state index in [0.717, 1.165) is 28.7 Å². The van der Waals surface area contributed by atoms with Crippen molar-refractivity contribution in [1.82, 2.24) is 14.5 Å². The number of imidazole rings is 1. The molecule has 0 radical (unpaired) electrons. The van der Waals surface area contributed by atoms with Gasteiger partial charge in [0.25, 0.3) is 5.91 Å². The first-order valence-corrected chi connectivity index (χ1v) is 8.48. The Labute approximate surface area is 141 Å². The molecule has 0 spiro atoms. The highest BCUT2D eigenvalue weighted by Crippen LogP contribution is 2.29. The van der Waals surface area contributed by atoms with E-state index in [2.05, 4.69) is 26.0 Å². The van der Waals surface area contributed by atoms with E-state index >= 15 is 0 Å². The second-order valence-electron chi connectivity index (χ2n) is 5.42. The number of carbonyl (C=O) groups excluding carboxylic acids is 1. The third-order valence-corrected chi connectivity index (χ3v) is 4.76. The molecule has 1 aromatic carbocycles. The number of aryl methyl sites for hydroxylation is 1. The molecule has 0 bridgehead atoms. The van der Waals surface area contributed by atoms with E-state index < -0.39 is 0 Å². The number of aromatic amines is 1. The number of rotatable bonds is 3. The van der Waals surface area contributed by atoms with Gasteiger partial charge in [-0.25, -0.2) is 4.98 Å². The van der Waals surface area contributed by atoms with Crippen molar-refractivity contribution in [2.24, 2.45) is 0 Å². The molecule has 7 heteroatoms. The van der Waals surface area contributed by atoms with Crippen molar-refractivity contribution in [3.63, 3.8) is 0 Å². The lowest BCUT2D eigenvalue weighted by atomic mass is 10.1. The number of fused-ring (bicyclic) bond motifs is 1. The van der Waals surface area contributed by atoms with Crippen LogP contribution in [0, 0.1) is 0 Å². The van der Waals surface area contributed by atoms with E-state index in [1.54, 1.807) is 11.8 Å². The van der Waals surface area contributed by atoms with Gasteiger partial charge < -0.3 is 14.9 Å². The van der Waals surface area contributed by atoms with E-state index in [1.165, 1.54) is 18.3 Å². The van der Waals surface area contributed by atoms with Crippen LogP contribution in [0.3, 0.4) is 0 Å². The Hall–Kier alpha value is -2.80. The molecular formula is C17H14N4O2S. The van der Waals surface area contributed by atoms with Crippen LogP contribution in [0.25, 0.3) is 11.3 Å². The van der Waals surface area contributed by atoms with Crippen LogP contribution in [0.4, 0.5) is 5.69 Å². The summed E-state index contributed by atoms with van der Waals surface area (Å²) in [6.07, 6.45) is 3.46. The van der Waals surface area contributed by atoms with Crippen LogP contribution in [0.2, 0.25) is 0 Å². The summed E-state index contributed by atoms with van der Waals surface area (Å²) in [7, 11) is 0. The molecule has 2 aromatic heterocycles. The predicted octanol–water partition coefficient (Wildman–Crippen LogP) is 2.60. The summed E-state index contributed by atoms with van der Waals surface area (Å²) in [5.74, 6) is 0.814. The number of carbonyl (C=O) groups is 1. The molecule has 0 unspecified atom stereocenters. The number of nitrogens with zero attached hydrogens (tertiary/aromatic N) is 2. The van der Waals surface area contributed by atoms with Gasteiger partial charge in [-0.3, -0.25) is 9.59 Å². The normalized spacial score (nSPS) is 12.8. The lowest BCUT2D eigenvalue weighted by Gasteiger charge is -2.05. The maximum Gasteiger partial charge on any atom is 0.257 e. The van der Waals surface area contributed by atoms with Gasteiger partial charge in [-0.1, -0.05) is 23.9 Å². The zero-order chi connectivity index (χ0) is 16.5. The first kappa shape index (κ1) is 14.8. The quantitative estimate of drug-likeness (QED) is 0.769. The van der Waals surface area contributed by atoms with E-state index in [1.807, 2.05) is 24.3 Å². The third kappa shape index (κ3) is 2.85. The minimum Gasteiger partial charge on any atom is -0.328 e. The number of benzene rings is 1. The maximum absolute atomic E-state index is 12.1. The molecule has 24 heavy (non-hydrogen) atoms. The molecular weight excluding hydrogens is 324 g/mol. The molecule has 4 rings (SSSR count). The summed E-state index contributed by atoms with van der Waals surface area (Å²) in [6, 6.07) is 10.4. The maximum atomic E-state index is 12.1. The van der Waals surface area contributed by atoms with Gasteiger partial charge in [0.2, 0.25) is 5.56 Å². The van der Waals surface area contributed by atoms with Crippen molar-refractivity contribution in [3.05, 3.63) is 64.7 Å². The van der Waals surface area contributed by atoms with Crippen LogP contribution in [0.15, 0.2) is 58.7 Å². The van der Waals surface area contributed by atoms with Crippen LogP contribution in [-0.4, -0.2) is 26.2 Å². The molecule has 0 saturated heterocycles. The van der Waals surface area contributed by atoms with Gasteiger partial charge in [0.15, 0.2) is 5.16 Å². The smallest absolute Gasteiger partial charge is 0.257 e. The molecule has 1 aliphatic heterocycles. The van der Waals surface area contributed by atoms with Gasteiger partial charge in [0.05, 0.1) is 11.3 Å². The third-order valence-electron chi connectivity index (χ3n) is 3.79. The van der Waals surface area contributed by atoms with Crippen LogP contribution in [-0.2, 0) is 6.54 Å². The SMILES string of the molecule is O=C(Nc1ccc(-c2cn3c(n2)SCC3)cc1)c1ccc(=O)[nH]c1. The molecule has 0 fully saturated rings. The summed E-state index contributed by atoms with van der Waals surface area (Å²) in [5, 5.41) is 3.86. The van der Waals surface area contributed by atoms with Crippen LogP contribution >= 0.6 is 11.8 Å². The Morgan fingerprint density at radius 3 is 2.75 bits per heavy atom. The van der Waals surface area contributed by atoms with Crippen molar-refractivity contribution in [2.45, 2.75) is 11.7 Å². The van der Waals surface area contributed by atoms with Crippen molar-refractivity contribution in [3.8, 4) is 11.3 Å². The summed E-state index contributed by atoms with van der Waals surface area (Å²) >= 11 is 1.76. The molecule has 1 amide bonds. The number of H-pyrrole nitrogens is 1. The fourth-order valence-electron chi connectivity index (χ4n) is 2.53. The number of anilines is 1. The predicted molar refractivity (Wildman–Crippen MR) is 93.4 cm³/mol. The molecule has 1 aliphatic rings. The first-order valence-electron chi connectivity index (χ1n) is 7.49. The summed E-state index contributed by atoms with van der Waals surface area (Å²) in [6.45, 7) is 1.00. The molecule has 6 nitrogen and oxygen atoms in total. The van der Waals surface area contributed by atoms with Gasteiger partial charge in [0.1, 0.15) is 0 Å². The first-order chi connectivity index (χ1) is 11.7. The highest BCUT2D eigenvalue weighted by atomic mass is 32.2. The Bertz CT molecular complexity index is 917.